The van der Waals surface area contributed by atoms with Crippen LogP contribution in [-0.4, -0.2) is 96.3 Å². The molecule has 2 amide bonds. The van der Waals surface area contributed by atoms with Gasteiger partial charge in [-0.05, 0) is 66.9 Å². The van der Waals surface area contributed by atoms with E-state index in [0.29, 0.717) is 56.8 Å². The summed E-state index contributed by atoms with van der Waals surface area (Å²) < 4.78 is 11.9. The van der Waals surface area contributed by atoms with Gasteiger partial charge in [0.15, 0.2) is 0 Å². The van der Waals surface area contributed by atoms with Gasteiger partial charge in [0.25, 0.3) is 0 Å². The number of hydrogen-bond acceptors (Lipinski definition) is 10. The van der Waals surface area contributed by atoms with Crippen LogP contribution in [0.5, 0.6) is 6.01 Å². The van der Waals surface area contributed by atoms with Gasteiger partial charge in [0.2, 0.25) is 5.91 Å². The zero-order valence-corrected chi connectivity index (χ0v) is 33.0. The number of nitrogens with zero attached hydrogens (tertiary/aromatic N) is 7. The second kappa shape index (κ2) is 18.5. The third kappa shape index (κ3) is 9.17. The van der Waals surface area contributed by atoms with Crippen LogP contribution in [0, 0.1) is 11.3 Å². The van der Waals surface area contributed by atoms with Gasteiger partial charge in [-0.3, -0.25) is 9.69 Å². The van der Waals surface area contributed by atoms with Crippen molar-refractivity contribution in [1.29, 1.82) is 5.26 Å². The second-order valence-electron chi connectivity index (χ2n) is 14.6. The molecule has 2 atom stereocenters. The maximum absolute atomic E-state index is 12.7. The largest absolute Gasteiger partial charge is 0.462 e. The first kappa shape index (κ1) is 39.6. The number of fused-ring (bicyclic) bond motifs is 2. The molecule has 1 N–H and O–H groups in total. The quantitative estimate of drug-likeness (QED) is 0.108. The number of halogens is 1. The smallest absolute Gasteiger partial charge is 0.407 e. The third-order valence-electron chi connectivity index (χ3n) is 11.2. The molecule has 7 rings (SSSR count). The molecule has 0 unspecified atom stereocenters. The number of alkyl carbamates (subject to hydrolysis) is 1. The number of carbonyl (C=O) groups excluding carboxylic acids is 2. The van der Waals surface area contributed by atoms with Crippen molar-refractivity contribution < 1.29 is 19.1 Å². The van der Waals surface area contributed by atoms with Gasteiger partial charge in [0.1, 0.15) is 19.0 Å². The summed E-state index contributed by atoms with van der Waals surface area (Å²) in [6.45, 7) is 13.2. The minimum atomic E-state index is -0.440. The van der Waals surface area contributed by atoms with Gasteiger partial charge >= 0.3 is 12.1 Å². The number of nitrogens with one attached hydrogen (secondary N) is 1. The summed E-state index contributed by atoms with van der Waals surface area (Å²) in [5.41, 5.74) is 4.86. The van der Waals surface area contributed by atoms with Gasteiger partial charge in [0, 0.05) is 61.9 Å². The molecule has 12 nitrogen and oxygen atoms in total. The van der Waals surface area contributed by atoms with Crippen molar-refractivity contribution in [3.8, 4) is 12.1 Å². The fourth-order valence-electron chi connectivity index (χ4n) is 8.28. The number of piperazine rings is 1. The predicted molar refractivity (Wildman–Crippen MR) is 223 cm³/mol. The van der Waals surface area contributed by atoms with Gasteiger partial charge in [-0.25, -0.2) is 4.79 Å². The van der Waals surface area contributed by atoms with E-state index in [1.165, 1.54) is 6.08 Å². The minimum absolute atomic E-state index is 0.171. The molecule has 0 bridgehead atoms. The molecule has 3 aromatic carbocycles. The monoisotopic (exact) mass is 788 g/mol. The van der Waals surface area contributed by atoms with Crippen LogP contribution in [0.2, 0.25) is 5.02 Å². The highest BCUT2D eigenvalue weighted by Gasteiger charge is 2.34. The van der Waals surface area contributed by atoms with Crippen molar-refractivity contribution in [2.24, 2.45) is 0 Å². The Morgan fingerprint density at radius 1 is 1.00 bits per heavy atom. The summed E-state index contributed by atoms with van der Waals surface area (Å²) in [7, 11) is 0. The topological polar surface area (TPSA) is 127 Å². The van der Waals surface area contributed by atoms with Gasteiger partial charge in [-0.2, -0.15) is 15.2 Å². The Morgan fingerprint density at radius 3 is 2.67 bits per heavy atom. The van der Waals surface area contributed by atoms with E-state index in [0.717, 1.165) is 83.6 Å². The number of likely N-dealkylation sites (tertiary alicyclic amines) is 1. The first-order valence-corrected chi connectivity index (χ1v) is 20.1. The lowest BCUT2D eigenvalue weighted by Gasteiger charge is -2.42. The summed E-state index contributed by atoms with van der Waals surface area (Å²) in [6, 6.07) is 22.4. The number of hydrogen-bond donors (Lipinski definition) is 1. The van der Waals surface area contributed by atoms with Crippen LogP contribution in [0.15, 0.2) is 79.9 Å². The van der Waals surface area contributed by atoms with Crippen LogP contribution in [-0.2, 0) is 29.1 Å². The molecular weight excluding hydrogens is 740 g/mol. The van der Waals surface area contributed by atoms with Crippen LogP contribution < -0.4 is 19.9 Å². The SMILES string of the molecule is C=CC(=O)N1CCN(c2nc(OC[C@@H]3CCCN3CCCNC(=O)OCc3ccccc3C=C)nc3c2CCN(c2cccc4cccc(Cl)c24)C3)C[C@@H]1CC#N. The number of benzene rings is 3. The highest BCUT2D eigenvalue weighted by Crippen LogP contribution is 2.37. The van der Waals surface area contributed by atoms with E-state index in [1.54, 1.807) is 11.0 Å². The normalized spacial score (nSPS) is 18.1. The predicted octanol–water partition coefficient (Wildman–Crippen LogP) is 6.77. The fraction of sp³-hybridized carbons (Fsp3) is 0.386. The molecule has 3 aliphatic rings. The first-order chi connectivity index (χ1) is 27.9. The van der Waals surface area contributed by atoms with Crippen LogP contribution in [0.1, 0.15) is 48.1 Å². The summed E-state index contributed by atoms with van der Waals surface area (Å²) >= 11 is 6.76. The van der Waals surface area contributed by atoms with Crippen LogP contribution in [0.25, 0.3) is 16.8 Å². The summed E-state index contributed by atoms with van der Waals surface area (Å²) in [5, 5.41) is 15.3. The zero-order valence-electron chi connectivity index (χ0n) is 32.2. The molecule has 296 valence electrons. The molecule has 2 saturated heterocycles. The molecule has 13 heteroatoms. The molecule has 0 spiro atoms. The average molecular weight is 789 g/mol. The summed E-state index contributed by atoms with van der Waals surface area (Å²) in [5.74, 6) is 0.628. The van der Waals surface area contributed by atoms with E-state index in [-0.39, 0.29) is 31.0 Å². The Hall–Kier alpha value is -5.64. The number of carbonyl (C=O) groups is 2. The lowest BCUT2D eigenvalue weighted by atomic mass is 10.0. The Morgan fingerprint density at radius 2 is 1.84 bits per heavy atom. The molecule has 2 fully saturated rings. The molecule has 4 heterocycles. The first-order valence-electron chi connectivity index (χ1n) is 19.7. The summed E-state index contributed by atoms with van der Waals surface area (Å²) in [4.78, 5) is 43.8. The van der Waals surface area contributed by atoms with Gasteiger partial charge < -0.3 is 29.5 Å². The van der Waals surface area contributed by atoms with Crippen molar-refractivity contribution >= 4 is 52.0 Å². The van der Waals surface area contributed by atoms with Gasteiger partial charge in [-0.15, -0.1) is 0 Å². The Bertz CT molecular complexity index is 2150. The summed E-state index contributed by atoms with van der Waals surface area (Å²) in [6.07, 6.45) is 6.36. The molecule has 1 aromatic heterocycles. The zero-order chi connectivity index (χ0) is 39.7. The third-order valence-corrected chi connectivity index (χ3v) is 11.5. The van der Waals surface area contributed by atoms with E-state index in [1.807, 2.05) is 36.4 Å². The fourth-order valence-corrected chi connectivity index (χ4v) is 8.55. The molecule has 0 radical (unpaired) electrons. The van der Waals surface area contributed by atoms with E-state index in [4.69, 9.17) is 31.0 Å². The number of amides is 2. The van der Waals surface area contributed by atoms with Crippen molar-refractivity contribution in [3.63, 3.8) is 0 Å². The maximum Gasteiger partial charge on any atom is 0.407 e. The van der Waals surface area contributed by atoms with Crippen LogP contribution >= 0.6 is 11.6 Å². The lowest BCUT2D eigenvalue weighted by molar-refractivity contribution is -0.128. The number of anilines is 2. The molecule has 4 aromatic rings. The number of rotatable bonds is 14. The van der Waals surface area contributed by atoms with Crippen molar-refractivity contribution in [2.75, 3.05) is 62.2 Å². The number of nitriles is 1. The van der Waals surface area contributed by atoms with E-state index in [9.17, 15) is 14.9 Å². The molecule has 3 aliphatic heterocycles. The lowest BCUT2D eigenvalue weighted by Crippen LogP contribution is -2.55. The van der Waals surface area contributed by atoms with E-state index in [2.05, 4.69) is 63.5 Å². The minimum Gasteiger partial charge on any atom is -0.462 e. The average Bonchev–Trinajstić information content (AvgIpc) is 3.70. The van der Waals surface area contributed by atoms with Crippen molar-refractivity contribution in [2.45, 2.75) is 57.3 Å². The Labute approximate surface area is 339 Å². The van der Waals surface area contributed by atoms with Crippen LogP contribution in [0.4, 0.5) is 16.3 Å². The standard InChI is InChI=1S/C44H49ClN8O4/c1-3-31-11-5-6-12-33(31)29-57-44(55)47-21-10-23-50-22-9-15-35(50)30-56-43-48-38-28-51(39-17-8-14-32-13-7-16-37(45)41(32)39)24-19-36(38)42(49-43)52-25-26-53(40(54)4-2)34(27-52)18-20-46/h3-8,11-14,16-17,34-35H,1-2,9-10,15,18-19,21-30H2,(H,47,55)/t34-,35-/m0/s1. The molecule has 57 heavy (non-hydrogen) atoms. The molecule has 0 saturated carbocycles. The highest BCUT2D eigenvalue weighted by molar-refractivity contribution is 6.36. The van der Waals surface area contributed by atoms with Crippen LogP contribution in [0.3, 0.4) is 0 Å². The highest BCUT2D eigenvalue weighted by atomic mass is 35.5. The van der Waals surface area contributed by atoms with Crippen molar-refractivity contribution in [3.05, 3.63) is 107 Å². The maximum atomic E-state index is 12.7. The van der Waals surface area contributed by atoms with Gasteiger partial charge in [-0.1, -0.05) is 79.4 Å². The number of aromatic nitrogens is 2. The molecule has 0 aliphatic carbocycles. The number of ether oxygens (including phenoxy) is 2. The van der Waals surface area contributed by atoms with Gasteiger partial charge in [0.05, 0.1) is 35.8 Å². The van der Waals surface area contributed by atoms with E-state index >= 15 is 0 Å². The Balaban J connectivity index is 1.04. The second-order valence-corrected chi connectivity index (χ2v) is 15.0. The molecular formula is C44H49ClN8O4. The van der Waals surface area contributed by atoms with Crippen molar-refractivity contribution in [1.82, 2.24) is 25.1 Å². The Kier molecular flexibility index (Phi) is 12.9. The van der Waals surface area contributed by atoms with E-state index < -0.39 is 6.09 Å².